The Morgan fingerprint density at radius 1 is 1.11 bits per heavy atom. The van der Waals surface area contributed by atoms with Gasteiger partial charge in [-0.2, -0.15) is 0 Å². The van der Waals surface area contributed by atoms with E-state index in [4.69, 9.17) is 9.47 Å². The molecular weight excluding hydrogens is 240 g/mol. The second-order valence-electron chi connectivity index (χ2n) is 4.24. The molecule has 0 fully saturated rings. The maximum absolute atomic E-state index is 10.9. The van der Waals surface area contributed by atoms with Gasteiger partial charge in [-0.05, 0) is 24.6 Å². The lowest BCUT2D eigenvalue weighted by molar-refractivity contribution is 0.112. The van der Waals surface area contributed by atoms with E-state index in [0.29, 0.717) is 23.7 Å². The fourth-order valence-corrected chi connectivity index (χ4v) is 1.85. The van der Waals surface area contributed by atoms with Gasteiger partial charge in [0, 0.05) is 11.1 Å². The van der Waals surface area contributed by atoms with Gasteiger partial charge in [-0.3, -0.25) is 4.79 Å². The second kappa shape index (κ2) is 6.05. The predicted molar refractivity (Wildman–Crippen MR) is 73.9 cm³/mol. The third-order valence-corrected chi connectivity index (χ3v) is 2.93. The van der Waals surface area contributed by atoms with E-state index in [2.05, 4.69) is 0 Å². The van der Waals surface area contributed by atoms with E-state index >= 15 is 0 Å². The van der Waals surface area contributed by atoms with Gasteiger partial charge in [-0.1, -0.05) is 30.3 Å². The van der Waals surface area contributed by atoms with E-state index in [1.165, 1.54) is 0 Å². The van der Waals surface area contributed by atoms with Crippen LogP contribution in [0.3, 0.4) is 0 Å². The quantitative estimate of drug-likeness (QED) is 0.769. The molecule has 0 bridgehead atoms. The summed E-state index contributed by atoms with van der Waals surface area (Å²) in [6, 6.07) is 13.3. The Labute approximate surface area is 112 Å². The Kier molecular flexibility index (Phi) is 4.18. The van der Waals surface area contributed by atoms with Crippen molar-refractivity contribution in [3.05, 3.63) is 59.2 Å². The molecule has 0 atom stereocenters. The van der Waals surface area contributed by atoms with E-state index in [1.54, 1.807) is 19.2 Å². The van der Waals surface area contributed by atoms with Crippen molar-refractivity contribution >= 4 is 6.29 Å². The molecule has 2 aromatic rings. The molecule has 0 aliphatic carbocycles. The maximum Gasteiger partial charge on any atom is 0.150 e. The molecule has 0 heterocycles. The molecule has 0 N–H and O–H groups in total. The number of ether oxygens (including phenoxy) is 2. The molecular formula is C16H16O3. The van der Waals surface area contributed by atoms with Gasteiger partial charge in [-0.25, -0.2) is 0 Å². The van der Waals surface area contributed by atoms with Crippen molar-refractivity contribution in [2.24, 2.45) is 0 Å². The normalized spacial score (nSPS) is 10.0. The van der Waals surface area contributed by atoms with Gasteiger partial charge in [0.05, 0.1) is 7.11 Å². The van der Waals surface area contributed by atoms with Gasteiger partial charge in [0.2, 0.25) is 0 Å². The van der Waals surface area contributed by atoms with Gasteiger partial charge in [0.15, 0.2) is 0 Å². The molecule has 2 rings (SSSR count). The van der Waals surface area contributed by atoms with Crippen LogP contribution >= 0.6 is 0 Å². The lowest BCUT2D eigenvalue weighted by Crippen LogP contribution is -1.99. The number of carbonyl (C=O) groups excluding carboxylic acids is 1. The minimum atomic E-state index is 0.465. The summed E-state index contributed by atoms with van der Waals surface area (Å²) in [5, 5.41) is 0. The van der Waals surface area contributed by atoms with Crippen LogP contribution in [0.1, 0.15) is 21.5 Å². The van der Waals surface area contributed by atoms with Crippen molar-refractivity contribution < 1.29 is 14.3 Å². The number of aldehydes is 1. The van der Waals surface area contributed by atoms with Crippen LogP contribution in [0.5, 0.6) is 11.5 Å². The first-order valence-corrected chi connectivity index (χ1v) is 6.05. The Morgan fingerprint density at radius 3 is 2.42 bits per heavy atom. The summed E-state index contributed by atoms with van der Waals surface area (Å²) in [5.74, 6) is 1.33. The molecule has 3 nitrogen and oxygen atoms in total. The van der Waals surface area contributed by atoms with E-state index < -0.39 is 0 Å². The number of benzene rings is 2. The molecule has 0 saturated carbocycles. The zero-order valence-electron chi connectivity index (χ0n) is 11.1. The van der Waals surface area contributed by atoms with Crippen LogP contribution in [0.25, 0.3) is 0 Å². The summed E-state index contributed by atoms with van der Waals surface area (Å²) in [6.07, 6.45) is 0.789. The molecule has 0 aliphatic rings. The molecule has 3 heteroatoms. The van der Waals surface area contributed by atoms with E-state index in [0.717, 1.165) is 17.4 Å². The summed E-state index contributed by atoms with van der Waals surface area (Å²) in [6.45, 7) is 2.38. The van der Waals surface area contributed by atoms with Crippen molar-refractivity contribution in [1.29, 1.82) is 0 Å². The van der Waals surface area contributed by atoms with E-state index in [1.807, 2.05) is 37.3 Å². The average molecular weight is 256 g/mol. The van der Waals surface area contributed by atoms with Crippen molar-refractivity contribution in [2.75, 3.05) is 7.11 Å². The molecule has 0 radical (unpaired) electrons. The maximum atomic E-state index is 10.9. The fraction of sp³-hybridized carbons (Fsp3) is 0.188. The van der Waals surface area contributed by atoms with Gasteiger partial charge < -0.3 is 9.47 Å². The predicted octanol–water partition coefficient (Wildman–Crippen LogP) is 3.40. The minimum absolute atomic E-state index is 0.465. The van der Waals surface area contributed by atoms with Gasteiger partial charge in [-0.15, -0.1) is 0 Å². The Morgan fingerprint density at radius 2 is 1.79 bits per heavy atom. The summed E-state index contributed by atoms with van der Waals surface area (Å²) in [7, 11) is 1.58. The number of carbonyl (C=O) groups is 1. The summed E-state index contributed by atoms with van der Waals surface area (Å²) in [4.78, 5) is 10.9. The Balaban J connectivity index is 2.22. The lowest BCUT2D eigenvalue weighted by atomic mass is 10.1. The molecule has 0 spiro atoms. The molecule has 2 aromatic carbocycles. The van der Waals surface area contributed by atoms with Crippen LogP contribution in [0, 0.1) is 6.92 Å². The van der Waals surface area contributed by atoms with Crippen LogP contribution in [0.4, 0.5) is 0 Å². The molecule has 19 heavy (non-hydrogen) atoms. The zero-order chi connectivity index (χ0) is 13.7. The summed E-state index contributed by atoms with van der Waals surface area (Å²) < 4.78 is 11.0. The smallest absolute Gasteiger partial charge is 0.150 e. The van der Waals surface area contributed by atoms with E-state index in [9.17, 15) is 4.79 Å². The van der Waals surface area contributed by atoms with Crippen molar-refractivity contribution in [3.8, 4) is 11.5 Å². The first-order valence-electron chi connectivity index (χ1n) is 6.05. The van der Waals surface area contributed by atoms with Crippen molar-refractivity contribution in [1.82, 2.24) is 0 Å². The highest BCUT2D eigenvalue weighted by molar-refractivity contribution is 5.77. The first kappa shape index (κ1) is 13.1. The number of hydrogen-bond donors (Lipinski definition) is 0. The topological polar surface area (TPSA) is 35.5 Å². The molecule has 0 amide bonds. The van der Waals surface area contributed by atoms with E-state index in [-0.39, 0.29) is 0 Å². The highest BCUT2D eigenvalue weighted by Crippen LogP contribution is 2.29. The van der Waals surface area contributed by atoms with Crippen molar-refractivity contribution in [3.63, 3.8) is 0 Å². The van der Waals surface area contributed by atoms with Crippen molar-refractivity contribution in [2.45, 2.75) is 13.5 Å². The van der Waals surface area contributed by atoms with Crippen LogP contribution in [0.2, 0.25) is 0 Å². The van der Waals surface area contributed by atoms with Gasteiger partial charge in [0.25, 0.3) is 0 Å². The lowest BCUT2D eigenvalue weighted by Gasteiger charge is -2.13. The highest BCUT2D eigenvalue weighted by atomic mass is 16.5. The second-order valence-corrected chi connectivity index (χ2v) is 4.24. The standard InChI is InChI=1S/C16H16O3/c1-12-15(18-2)8-14(10-17)9-16(12)19-11-13-6-4-3-5-7-13/h3-10H,11H2,1-2H3. The number of hydrogen-bond acceptors (Lipinski definition) is 3. The van der Waals surface area contributed by atoms with Crippen LogP contribution < -0.4 is 9.47 Å². The molecule has 0 unspecified atom stereocenters. The largest absolute Gasteiger partial charge is 0.496 e. The van der Waals surface area contributed by atoms with Gasteiger partial charge >= 0.3 is 0 Å². The molecule has 0 aliphatic heterocycles. The monoisotopic (exact) mass is 256 g/mol. The zero-order valence-corrected chi connectivity index (χ0v) is 11.1. The summed E-state index contributed by atoms with van der Waals surface area (Å²) >= 11 is 0. The average Bonchev–Trinajstić information content (AvgIpc) is 2.47. The minimum Gasteiger partial charge on any atom is -0.496 e. The molecule has 98 valence electrons. The summed E-state index contributed by atoms with van der Waals surface area (Å²) in [5.41, 5.74) is 2.52. The van der Waals surface area contributed by atoms with Crippen LogP contribution in [-0.4, -0.2) is 13.4 Å². The van der Waals surface area contributed by atoms with Crippen LogP contribution in [-0.2, 0) is 6.61 Å². The highest BCUT2D eigenvalue weighted by Gasteiger charge is 2.09. The Bertz CT molecular complexity index is 562. The molecule has 0 aromatic heterocycles. The fourth-order valence-electron chi connectivity index (χ4n) is 1.85. The van der Waals surface area contributed by atoms with Crippen LogP contribution in [0.15, 0.2) is 42.5 Å². The molecule has 0 saturated heterocycles. The third kappa shape index (κ3) is 3.13. The number of rotatable bonds is 5. The Hall–Kier alpha value is -2.29. The number of methoxy groups -OCH3 is 1. The third-order valence-electron chi connectivity index (χ3n) is 2.93. The van der Waals surface area contributed by atoms with Gasteiger partial charge in [0.1, 0.15) is 24.4 Å². The first-order chi connectivity index (χ1) is 9.24. The SMILES string of the molecule is COc1cc(C=O)cc(OCc2ccccc2)c1C.